The molecule has 0 aliphatic heterocycles. The molecular formula is C20H29IN4O3S. The van der Waals surface area contributed by atoms with E-state index in [0.29, 0.717) is 19.0 Å². The topological polar surface area (TPSA) is 91.8 Å². The van der Waals surface area contributed by atoms with Crippen LogP contribution in [0.25, 0.3) is 0 Å². The quantitative estimate of drug-likeness (QED) is 0.200. The minimum atomic E-state index is -3.50. The summed E-state index contributed by atoms with van der Waals surface area (Å²) in [5.41, 5.74) is 1.09. The van der Waals surface area contributed by atoms with Crippen molar-refractivity contribution in [3.8, 4) is 5.75 Å². The van der Waals surface area contributed by atoms with Crippen LogP contribution in [0.15, 0.2) is 64.5 Å². The van der Waals surface area contributed by atoms with E-state index in [-0.39, 0.29) is 41.5 Å². The monoisotopic (exact) mass is 532 g/mol. The highest BCUT2D eigenvalue weighted by Gasteiger charge is 2.12. The zero-order valence-corrected chi connectivity index (χ0v) is 20.0. The lowest BCUT2D eigenvalue weighted by molar-refractivity contribution is 0.222. The van der Waals surface area contributed by atoms with Crippen LogP contribution in [0.3, 0.4) is 0 Å². The summed E-state index contributed by atoms with van der Waals surface area (Å²) >= 11 is 0. The molecule has 0 aliphatic carbocycles. The van der Waals surface area contributed by atoms with Crippen molar-refractivity contribution >= 4 is 40.0 Å². The van der Waals surface area contributed by atoms with Gasteiger partial charge in [0.2, 0.25) is 10.0 Å². The number of ether oxygens (including phenoxy) is 1. The van der Waals surface area contributed by atoms with Gasteiger partial charge in [-0.15, -0.1) is 24.0 Å². The second-order valence-electron chi connectivity index (χ2n) is 6.28. The van der Waals surface area contributed by atoms with Gasteiger partial charge >= 0.3 is 0 Å². The van der Waals surface area contributed by atoms with E-state index >= 15 is 0 Å². The molecule has 0 aromatic heterocycles. The number of guanidine groups is 1. The number of sulfonamides is 1. The molecule has 0 aliphatic rings. The van der Waals surface area contributed by atoms with E-state index in [1.807, 2.05) is 38.1 Å². The van der Waals surface area contributed by atoms with E-state index in [2.05, 4.69) is 20.3 Å². The van der Waals surface area contributed by atoms with Gasteiger partial charge in [0.05, 0.1) is 11.4 Å². The zero-order chi connectivity index (χ0) is 20.4. The molecule has 2 rings (SSSR count). The molecule has 29 heavy (non-hydrogen) atoms. The Hall–Kier alpha value is -1.85. The molecule has 0 heterocycles. The maximum atomic E-state index is 12.2. The Morgan fingerprint density at radius 1 is 1.03 bits per heavy atom. The first-order valence-electron chi connectivity index (χ1n) is 9.14. The Balaban J connectivity index is 0.00000420. The van der Waals surface area contributed by atoms with Crippen LogP contribution >= 0.6 is 24.0 Å². The summed E-state index contributed by atoms with van der Waals surface area (Å²) in [6.07, 6.45) is -0.0590. The lowest BCUT2D eigenvalue weighted by Gasteiger charge is -2.19. The van der Waals surface area contributed by atoms with Crippen LogP contribution in [-0.4, -0.2) is 47.2 Å². The number of aryl methyl sites for hydroxylation is 1. The molecule has 0 bridgehead atoms. The molecular weight excluding hydrogens is 503 g/mol. The molecule has 1 atom stereocenters. The molecule has 0 saturated heterocycles. The van der Waals surface area contributed by atoms with Gasteiger partial charge in [-0.2, -0.15) is 0 Å². The number of para-hydroxylation sites is 1. The largest absolute Gasteiger partial charge is 0.489 e. The van der Waals surface area contributed by atoms with E-state index < -0.39 is 10.0 Å². The summed E-state index contributed by atoms with van der Waals surface area (Å²) in [6.45, 7) is 5.18. The highest BCUT2D eigenvalue weighted by Crippen LogP contribution is 2.17. The Morgan fingerprint density at radius 3 is 2.34 bits per heavy atom. The van der Waals surface area contributed by atoms with Crippen LogP contribution in [0.1, 0.15) is 12.5 Å². The van der Waals surface area contributed by atoms with Crippen molar-refractivity contribution in [1.82, 2.24) is 15.4 Å². The van der Waals surface area contributed by atoms with Crippen molar-refractivity contribution in [3.63, 3.8) is 0 Å². The van der Waals surface area contributed by atoms with Gasteiger partial charge in [-0.1, -0.05) is 36.4 Å². The lowest BCUT2D eigenvalue weighted by atomic mass is 10.2. The van der Waals surface area contributed by atoms with Gasteiger partial charge in [-0.05, 0) is 37.6 Å². The fraction of sp³-hybridized carbons (Fsp3) is 0.350. The Labute approximate surface area is 190 Å². The smallest absolute Gasteiger partial charge is 0.240 e. The molecule has 2 aromatic carbocycles. The van der Waals surface area contributed by atoms with Crippen molar-refractivity contribution in [2.75, 3.05) is 26.7 Å². The Morgan fingerprint density at radius 2 is 1.69 bits per heavy atom. The molecule has 160 valence electrons. The van der Waals surface area contributed by atoms with Gasteiger partial charge in [-0.3, -0.25) is 4.99 Å². The molecule has 7 nitrogen and oxygen atoms in total. The number of nitrogens with zero attached hydrogens (tertiary/aromatic N) is 1. The van der Waals surface area contributed by atoms with Gasteiger partial charge in [0.15, 0.2) is 5.96 Å². The Bertz CT molecular complexity index is 876. The third-order valence-corrected chi connectivity index (χ3v) is 5.44. The second kappa shape index (κ2) is 12.7. The number of hydrogen-bond acceptors (Lipinski definition) is 4. The van der Waals surface area contributed by atoms with Gasteiger partial charge in [0.1, 0.15) is 11.9 Å². The van der Waals surface area contributed by atoms with Crippen LogP contribution in [0, 0.1) is 6.92 Å². The highest BCUT2D eigenvalue weighted by molar-refractivity contribution is 14.0. The number of nitrogens with one attached hydrogen (secondary N) is 3. The normalized spacial score (nSPS) is 12.6. The van der Waals surface area contributed by atoms with Gasteiger partial charge in [-0.25, -0.2) is 13.1 Å². The molecule has 0 radical (unpaired) electrons. The van der Waals surface area contributed by atoms with Crippen LogP contribution < -0.4 is 20.1 Å². The molecule has 0 spiro atoms. The summed E-state index contributed by atoms with van der Waals surface area (Å²) in [4.78, 5) is 4.39. The van der Waals surface area contributed by atoms with Crippen LogP contribution in [0.2, 0.25) is 0 Å². The number of rotatable bonds is 9. The maximum Gasteiger partial charge on any atom is 0.240 e. The summed E-state index contributed by atoms with van der Waals surface area (Å²) < 4.78 is 32.8. The third kappa shape index (κ3) is 8.58. The fourth-order valence-electron chi connectivity index (χ4n) is 2.46. The highest BCUT2D eigenvalue weighted by atomic mass is 127. The van der Waals surface area contributed by atoms with E-state index in [9.17, 15) is 8.42 Å². The fourth-order valence-corrected chi connectivity index (χ4v) is 3.51. The number of halogens is 1. The van der Waals surface area contributed by atoms with Crippen LogP contribution in [0.5, 0.6) is 5.75 Å². The number of hydrogen-bond donors (Lipinski definition) is 3. The molecule has 3 N–H and O–H groups in total. The standard InChI is InChI=1S/C20H28N4O3S.HI/c1-16-9-7-8-12-19(16)27-17(2)15-23-20(21-3)22-13-14-24-28(25,26)18-10-5-4-6-11-18;/h4-12,17,24H,13-15H2,1-3H3,(H2,21,22,23);1H. The average Bonchev–Trinajstić information content (AvgIpc) is 2.70. The molecule has 1 unspecified atom stereocenters. The third-order valence-electron chi connectivity index (χ3n) is 3.97. The summed E-state index contributed by atoms with van der Waals surface area (Å²) in [7, 11) is -1.84. The predicted molar refractivity (Wildman–Crippen MR) is 128 cm³/mol. The van der Waals surface area contributed by atoms with E-state index in [1.54, 1.807) is 37.4 Å². The van der Waals surface area contributed by atoms with Gasteiger partial charge in [0, 0.05) is 20.1 Å². The number of benzene rings is 2. The summed E-state index contributed by atoms with van der Waals surface area (Å²) in [5, 5.41) is 6.26. The van der Waals surface area contributed by atoms with Crippen molar-refractivity contribution in [3.05, 3.63) is 60.2 Å². The second-order valence-corrected chi connectivity index (χ2v) is 8.05. The summed E-state index contributed by atoms with van der Waals surface area (Å²) in [6, 6.07) is 16.2. The van der Waals surface area contributed by atoms with Crippen LogP contribution in [-0.2, 0) is 10.0 Å². The first kappa shape index (κ1) is 25.2. The van der Waals surface area contributed by atoms with Gasteiger partial charge in [0.25, 0.3) is 0 Å². The van der Waals surface area contributed by atoms with Crippen molar-refractivity contribution < 1.29 is 13.2 Å². The van der Waals surface area contributed by atoms with Crippen LogP contribution in [0.4, 0.5) is 0 Å². The minimum absolute atomic E-state index is 0. The molecule has 0 amide bonds. The van der Waals surface area contributed by atoms with E-state index in [1.165, 1.54) is 0 Å². The van der Waals surface area contributed by atoms with E-state index in [4.69, 9.17) is 4.74 Å². The minimum Gasteiger partial charge on any atom is -0.489 e. The van der Waals surface area contributed by atoms with Gasteiger partial charge < -0.3 is 15.4 Å². The zero-order valence-electron chi connectivity index (χ0n) is 16.9. The average molecular weight is 532 g/mol. The first-order valence-corrected chi connectivity index (χ1v) is 10.6. The SMILES string of the molecule is CN=C(NCCNS(=O)(=O)c1ccccc1)NCC(C)Oc1ccccc1C.I. The molecule has 0 saturated carbocycles. The summed E-state index contributed by atoms with van der Waals surface area (Å²) in [5.74, 6) is 1.44. The Kier molecular flexibility index (Phi) is 11.0. The van der Waals surface area contributed by atoms with Crippen molar-refractivity contribution in [1.29, 1.82) is 0 Å². The predicted octanol–water partition coefficient (Wildman–Crippen LogP) is 2.52. The van der Waals surface area contributed by atoms with E-state index in [0.717, 1.165) is 11.3 Å². The van der Waals surface area contributed by atoms with Crippen molar-refractivity contribution in [2.45, 2.75) is 24.8 Å². The van der Waals surface area contributed by atoms with Crippen molar-refractivity contribution in [2.24, 2.45) is 4.99 Å². The lowest BCUT2D eigenvalue weighted by Crippen LogP contribution is -2.44. The molecule has 2 aromatic rings. The first-order chi connectivity index (χ1) is 13.4. The maximum absolute atomic E-state index is 12.2. The number of aliphatic imine (C=N–C) groups is 1. The molecule has 0 fully saturated rings. The molecule has 9 heteroatoms.